The third kappa shape index (κ3) is 2.16. The SMILES string of the molecule is CCc1ccccc1CN1C2CCC1C(C(=O)O)C2. The first-order valence-corrected chi connectivity index (χ1v) is 7.26. The van der Waals surface area contributed by atoms with Crippen molar-refractivity contribution in [2.75, 3.05) is 0 Å². The molecule has 0 spiro atoms. The van der Waals surface area contributed by atoms with Crippen LogP contribution in [0.15, 0.2) is 24.3 Å². The van der Waals surface area contributed by atoms with Crippen molar-refractivity contribution in [1.29, 1.82) is 0 Å². The summed E-state index contributed by atoms with van der Waals surface area (Å²) in [6.45, 7) is 3.10. The predicted octanol–water partition coefficient (Wildman–Crippen LogP) is 2.69. The number of carbonyl (C=O) groups is 1. The van der Waals surface area contributed by atoms with Gasteiger partial charge < -0.3 is 5.11 Å². The third-order valence-corrected chi connectivity index (χ3v) is 4.85. The topological polar surface area (TPSA) is 40.5 Å². The molecular formula is C16H21NO2. The van der Waals surface area contributed by atoms with Gasteiger partial charge in [-0.3, -0.25) is 9.69 Å². The van der Waals surface area contributed by atoms with Crippen molar-refractivity contribution < 1.29 is 9.90 Å². The van der Waals surface area contributed by atoms with Gasteiger partial charge in [-0.05, 0) is 36.8 Å². The molecule has 0 aliphatic carbocycles. The third-order valence-electron chi connectivity index (χ3n) is 4.85. The molecular weight excluding hydrogens is 238 g/mol. The van der Waals surface area contributed by atoms with Gasteiger partial charge in [0.1, 0.15) is 0 Å². The Morgan fingerprint density at radius 1 is 1.32 bits per heavy atom. The van der Waals surface area contributed by atoms with Gasteiger partial charge in [-0.15, -0.1) is 0 Å². The smallest absolute Gasteiger partial charge is 0.308 e. The first-order chi connectivity index (χ1) is 9.20. The first kappa shape index (κ1) is 12.7. The highest BCUT2D eigenvalue weighted by Crippen LogP contribution is 2.42. The molecule has 3 nitrogen and oxygen atoms in total. The van der Waals surface area contributed by atoms with Gasteiger partial charge in [0, 0.05) is 18.6 Å². The lowest BCUT2D eigenvalue weighted by molar-refractivity contribution is -0.142. The lowest BCUT2D eigenvalue weighted by Crippen LogP contribution is -2.32. The lowest BCUT2D eigenvalue weighted by Gasteiger charge is -2.24. The number of hydrogen-bond acceptors (Lipinski definition) is 2. The van der Waals surface area contributed by atoms with Crippen LogP contribution in [0.3, 0.4) is 0 Å². The molecule has 1 N–H and O–H groups in total. The summed E-state index contributed by atoms with van der Waals surface area (Å²) in [6.07, 6.45) is 4.11. The highest BCUT2D eigenvalue weighted by Gasteiger charge is 2.48. The summed E-state index contributed by atoms with van der Waals surface area (Å²) in [5.74, 6) is -0.756. The van der Waals surface area contributed by atoms with Crippen molar-refractivity contribution in [3.05, 3.63) is 35.4 Å². The Hall–Kier alpha value is -1.35. The van der Waals surface area contributed by atoms with Crippen molar-refractivity contribution in [2.24, 2.45) is 5.92 Å². The number of aryl methyl sites for hydroxylation is 1. The van der Waals surface area contributed by atoms with Crippen LogP contribution in [0.25, 0.3) is 0 Å². The van der Waals surface area contributed by atoms with Crippen molar-refractivity contribution >= 4 is 5.97 Å². The molecule has 3 heteroatoms. The highest BCUT2D eigenvalue weighted by molar-refractivity contribution is 5.71. The highest BCUT2D eigenvalue weighted by atomic mass is 16.4. The van der Waals surface area contributed by atoms with Gasteiger partial charge in [-0.2, -0.15) is 0 Å². The van der Waals surface area contributed by atoms with E-state index in [4.69, 9.17) is 0 Å². The van der Waals surface area contributed by atoms with E-state index in [0.717, 1.165) is 25.8 Å². The van der Waals surface area contributed by atoms with Crippen molar-refractivity contribution in [1.82, 2.24) is 4.90 Å². The molecule has 0 radical (unpaired) electrons. The zero-order valence-electron chi connectivity index (χ0n) is 11.4. The maximum Gasteiger partial charge on any atom is 0.308 e. The van der Waals surface area contributed by atoms with E-state index in [0.29, 0.717) is 6.04 Å². The van der Waals surface area contributed by atoms with E-state index in [-0.39, 0.29) is 12.0 Å². The number of fused-ring (bicyclic) bond motifs is 2. The molecule has 0 aromatic heterocycles. The van der Waals surface area contributed by atoms with Gasteiger partial charge in [-0.1, -0.05) is 31.2 Å². The summed E-state index contributed by atoms with van der Waals surface area (Å²) in [4.78, 5) is 13.7. The number of rotatable bonds is 4. The van der Waals surface area contributed by atoms with Crippen LogP contribution in [0, 0.1) is 5.92 Å². The fourth-order valence-electron chi connectivity index (χ4n) is 3.87. The number of aliphatic carboxylic acids is 1. The fourth-order valence-corrected chi connectivity index (χ4v) is 3.87. The van der Waals surface area contributed by atoms with Crippen LogP contribution >= 0.6 is 0 Å². The second kappa shape index (κ2) is 4.97. The molecule has 2 saturated heterocycles. The average molecular weight is 259 g/mol. The van der Waals surface area contributed by atoms with Crippen LogP contribution in [0.4, 0.5) is 0 Å². The molecule has 102 valence electrons. The minimum absolute atomic E-state index is 0.146. The molecule has 0 saturated carbocycles. The first-order valence-electron chi connectivity index (χ1n) is 7.26. The number of nitrogens with zero attached hydrogens (tertiary/aromatic N) is 1. The van der Waals surface area contributed by atoms with E-state index in [1.165, 1.54) is 17.5 Å². The van der Waals surface area contributed by atoms with Crippen LogP contribution in [0.5, 0.6) is 0 Å². The quantitative estimate of drug-likeness (QED) is 0.903. The summed E-state index contributed by atoms with van der Waals surface area (Å²) >= 11 is 0. The van der Waals surface area contributed by atoms with Crippen molar-refractivity contribution in [2.45, 2.75) is 51.2 Å². The van der Waals surface area contributed by atoms with Crippen LogP contribution in [-0.4, -0.2) is 28.1 Å². The molecule has 2 bridgehead atoms. The zero-order valence-corrected chi connectivity index (χ0v) is 11.4. The molecule has 1 aromatic carbocycles. The fraction of sp³-hybridized carbons (Fsp3) is 0.562. The molecule has 3 unspecified atom stereocenters. The number of hydrogen-bond donors (Lipinski definition) is 1. The summed E-state index contributed by atoms with van der Waals surface area (Å²) in [5, 5.41) is 9.29. The van der Waals surface area contributed by atoms with Crippen molar-refractivity contribution in [3.63, 3.8) is 0 Å². The predicted molar refractivity (Wildman–Crippen MR) is 73.9 cm³/mol. The maximum absolute atomic E-state index is 11.3. The summed E-state index contributed by atoms with van der Waals surface area (Å²) in [5.41, 5.74) is 2.76. The second-order valence-corrected chi connectivity index (χ2v) is 5.77. The second-order valence-electron chi connectivity index (χ2n) is 5.77. The lowest BCUT2D eigenvalue weighted by atomic mass is 9.89. The molecule has 2 fully saturated rings. The Kier molecular flexibility index (Phi) is 3.31. The normalized spacial score (nSPS) is 29.8. The minimum Gasteiger partial charge on any atom is -0.481 e. The van der Waals surface area contributed by atoms with Gasteiger partial charge in [0.15, 0.2) is 0 Å². The Labute approximate surface area is 114 Å². The molecule has 2 heterocycles. The summed E-state index contributed by atoms with van der Waals surface area (Å²) in [7, 11) is 0. The molecule has 2 aliphatic heterocycles. The molecule has 0 amide bonds. The van der Waals surface area contributed by atoms with Crippen LogP contribution < -0.4 is 0 Å². The van der Waals surface area contributed by atoms with E-state index >= 15 is 0 Å². The van der Waals surface area contributed by atoms with Gasteiger partial charge in [-0.25, -0.2) is 0 Å². The molecule has 1 aromatic rings. The van der Waals surface area contributed by atoms with Gasteiger partial charge >= 0.3 is 5.97 Å². The van der Waals surface area contributed by atoms with Crippen molar-refractivity contribution in [3.8, 4) is 0 Å². The maximum atomic E-state index is 11.3. The molecule has 2 aliphatic rings. The Balaban J connectivity index is 1.79. The zero-order chi connectivity index (χ0) is 13.4. The number of benzene rings is 1. The van der Waals surface area contributed by atoms with Crippen LogP contribution in [0.1, 0.15) is 37.3 Å². The number of carboxylic acids is 1. The summed E-state index contributed by atoms with van der Waals surface area (Å²) < 4.78 is 0. The van der Waals surface area contributed by atoms with Crippen LogP contribution in [-0.2, 0) is 17.8 Å². The summed E-state index contributed by atoms with van der Waals surface area (Å²) in [6, 6.07) is 9.28. The van der Waals surface area contributed by atoms with Gasteiger partial charge in [0.25, 0.3) is 0 Å². The van der Waals surface area contributed by atoms with Crippen LogP contribution in [0.2, 0.25) is 0 Å². The molecule has 3 rings (SSSR count). The molecule has 3 atom stereocenters. The number of carboxylic acid groups (broad SMARTS) is 1. The standard InChI is InChI=1S/C16H21NO2/c1-2-11-5-3-4-6-12(11)10-17-13-7-8-15(17)14(9-13)16(18)19/h3-6,13-15H,2,7-10H2,1H3,(H,18,19). The van der Waals surface area contributed by atoms with Gasteiger partial charge in [0.2, 0.25) is 0 Å². The minimum atomic E-state index is -0.610. The molecule has 19 heavy (non-hydrogen) atoms. The van der Waals surface area contributed by atoms with E-state index in [1.807, 2.05) is 0 Å². The van der Waals surface area contributed by atoms with E-state index in [2.05, 4.69) is 36.1 Å². The largest absolute Gasteiger partial charge is 0.481 e. The van der Waals surface area contributed by atoms with E-state index < -0.39 is 5.97 Å². The van der Waals surface area contributed by atoms with E-state index in [1.54, 1.807) is 0 Å². The van der Waals surface area contributed by atoms with Gasteiger partial charge in [0.05, 0.1) is 5.92 Å². The monoisotopic (exact) mass is 259 g/mol. The Morgan fingerprint density at radius 3 is 2.68 bits per heavy atom. The van der Waals surface area contributed by atoms with E-state index in [9.17, 15) is 9.90 Å². The average Bonchev–Trinajstić information content (AvgIpc) is 2.96. The Bertz CT molecular complexity index is 485. The Morgan fingerprint density at radius 2 is 2.05 bits per heavy atom.